The van der Waals surface area contributed by atoms with Gasteiger partial charge < -0.3 is 14.8 Å². The maximum Gasteiger partial charge on any atom is 0.274 e. The number of benzene rings is 2. The number of hydrogen-bond acceptors (Lipinski definition) is 5. The Balaban J connectivity index is 1.81. The van der Waals surface area contributed by atoms with Gasteiger partial charge in [-0.1, -0.05) is 28.9 Å². The molecular weight excluding hydrogens is 392 g/mol. The summed E-state index contributed by atoms with van der Waals surface area (Å²) in [6.07, 6.45) is 0. The minimum absolute atomic E-state index is 0.258. The van der Waals surface area contributed by atoms with Crippen LogP contribution in [0.4, 0.5) is 0 Å². The molecule has 0 saturated carbocycles. The third kappa shape index (κ3) is 4.19. The fraction of sp³-hybridized carbons (Fsp3) is 0.286. The van der Waals surface area contributed by atoms with Crippen LogP contribution in [0.15, 0.2) is 36.4 Å². The highest BCUT2D eigenvalue weighted by Gasteiger charge is 2.20. The first-order chi connectivity index (χ1) is 13.8. The lowest BCUT2D eigenvalue weighted by atomic mass is 10.1. The number of rotatable bonds is 6. The summed E-state index contributed by atoms with van der Waals surface area (Å²) < 4.78 is 12.2. The lowest BCUT2D eigenvalue weighted by molar-refractivity contribution is 0.0934. The number of nitrogens with zero attached hydrogens (tertiary/aromatic N) is 3. The van der Waals surface area contributed by atoms with Gasteiger partial charge in [0.05, 0.1) is 31.6 Å². The van der Waals surface area contributed by atoms with Crippen LogP contribution in [-0.2, 0) is 0 Å². The van der Waals surface area contributed by atoms with Crippen LogP contribution in [0.2, 0.25) is 5.02 Å². The van der Waals surface area contributed by atoms with Crippen LogP contribution in [-0.4, -0.2) is 35.1 Å². The Kier molecular flexibility index (Phi) is 6.08. The summed E-state index contributed by atoms with van der Waals surface area (Å²) in [6.45, 7) is 5.61. The van der Waals surface area contributed by atoms with Crippen molar-refractivity contribution in [3.63, 3.8) is 0 Å². The average Bonchev–Trinajstić information content (AvgIpc) is 3.10. The number of halogens is 1. The van der Waals surface area contributed by atoms with Gasteiger partial charge in [-0.05, 0) is 56.2 Å². The SMILES string of the molecule is COc1ccc([C@H](C)NC(=O)c2nnn(-c3ccc(C)c(Cl)c3)c2C)cc1OC. The van der Waals surface area contributed by atoms with Crippen molar-refractivity contribution >= 4 is 17.5 Å². The molecule has 0 unspecified atom stereocenters. The molecule has 0 fully saturated rings. The Hall–Kier alpha value is -3.06. The van der Waals surface area contributed by atoms with Gasteiger partial charge in [-0.2, -0.15) is 0 Å². The van der Waals surface area contributed by atoms with Crippen molar-refractivity contribution in [1.82, 2.24) is 20.3 Å². The molecule has 0 radical (unpaired) electrons. The molecule has 7 nitrogen and oxygen atoms in total. The Bertz CT molecular complexity index is 1050. The van der Waals surface area contributed by atoms with E-state index in [1.165, 1.54) is 0 Å². The standard InChI is InChI=1S/C21H23ClN4O3/c1-12-6-8-16(11-17(12)22)26-14(3)20(24-25-26)21(27)23-13(2)15-7-9-18(28-4)19(10-15)29-5/h6-11,13H,1-5H3,(H,23,27)/t13-/m0/s1. The molecule has 0 aliphatic rings. The van der Waals surface area contributed by atoms with E-state index in [1.807, 2.05) is 38.1 Å². The van der Waals surface area contributed by atoms with Gasteiger partial charge in [-0.15, -0.1) is 5.10 Å². The monoisotopic (exact) mass is 414 g/mol. The summed E-state index contributed by atoms with van der Waals surface area (Å²) in [5.41, 5.74) is 3.48. The van der Waals surface area contributed by atoms with Gasteiger partial charge in [-0.3, -0.25) is 4.79 Å². The fourth-order valence-electron chi connectivity index (χ4n) is 2.97. The van der Waals surface area contributed by atoms with E-state index in [1.54, 1.807) is 38.0 Å². The van der Waals surface area contributed by atoms with E-state index in [4.69, 9.17) is 21.1 Å². The van der Waals surface area contributed by atoms with E-state index >= 15 is 0 Å². The van der Waals surface area contributed by atoms with E-state index in [2.05, 4.69) is 15.6 Å². The van der Waals surface area contributed by atoms with E-state index < -0.39 is 0 Å². The summed E-state index contributed by atoms with van der Waals surface area (Å²) in [6, 6.07) is 10.8. The Morgan fingerprint density at radius 2 is 1.83 bits per heavy atom. The first-order valence-electron chi connectivity index (χ1n) is 9.07. The summed E-state index contributed by atoms with van der Waals surface area (Å²) in [5, 5.41) is 11.8. The highest BCUT2D eigenvalue weighted by Crippen LogP contribution is 2.30. The summed E-state index contributed by atoms with van der Waals surface area (Å²) in [4.78, 5) is 12.8. The van der Waals surface area contributed by atoms with Crippen LogP contribution < -0.4 is 14.8 Å². The minimum atomic E-state index is -0.311. The zero-order valence-electron chi connectivity index (χ0n) is 17.0. The molecular formula is C21H23ClN4O3. The number of nitrogens with one attached hydrogen (secondary N) is 1. The van der Waals surface area contributed by atoms with Crippen molar-refractivity contribution in [3.05, 3.63) is 63.9 Å². The highest BCUT2D eigenvalue weighted by molar-refractivity contribution is 6.31. The quantitative estimate of drug-likeness (QED) is 0.658. The van der Waals surface area contributed by atoms with Crippen LogP contribution in [0, 0.1) is 13.8 Å². The van der Waals surface area contributed by atoms with E-state index in [9.17, 15) is 4.79 Å². The number of carbonyl (C=O) groups excluding carboxylic acids is 1. The lowest BCUT2D eigenvalue weighted by Gasteiger charge is -2.16. The van der Waals surface area contributed by atoms with Crippen molar-refractivity contribution < 1.29 is 14.3 Å². The van der Waals surface area contributed by atoms with Crippen LogP contribution in [0.3, 0.4) is 0 Å². The first-order valence-corrected chi connectivity index (χ1v) is 9.45. The molecule has 2 aromatic carbocycles. The van der Waals surface area contributed by atoms with Gasteiger partial charge in [0.1, 0.15) is 0 Å². The first kappa shape index (κ1) is 20.7. The Morgan fingerprint density at radius 3 is 2.48 bits per heavy atom. The molecule has 0 bridgehead atoms. The minimum Gasteiger partial charge on any atom is -0.493 e. The highest BCUT2D eigenvalue weighted by atomic mass is 35.5. The van der Waals surface area contributed by atoms with Crippen molar-refractivity contribution in [2.24, 2.45) is 0 Å². The van der Waals surface area contributed by atoms with Crippen LogP contribution in [0.5, 0.6) is 11.5 Å². The number of aromatic nitrogens is 3. The van der Waals surface area contributed by atoms with E-state index in [0.29, 0.717) is 22.2 Å². The number of amides is 1. The molecule has 1 heterocycles. The summed E-state index contributed by atoms with van der Waals surface area (Å²) in [7, 11) is 3.15. The third-order valence-electron chi connectivity index (χ3n) is 4.76. The van der Waals surface area contributed by atoms with Crippen molar-refractivity contribution in [3.8, 4) is 17.2 Å². The molecule has 0 aliphatic carbocycles. The molecule has 1 atom stereocenters. The van der Waals surface area contributed by atoms with Gasteiger partial charge in [0.15, 0.2) is 17.2 Å². The van der Waals surface area contributed by atoms with E-state index in [-0.39, 0.29) is 17.6 Å². The van der Waals surface area contributed by atoms with Crippen LogP contribution in [0.1, 0.15) is 40.3 Å². The zero-order valence-corrected chi connectivity index (χ0v) is 17.7. The number of carbonyl (C=O) groups is 1. The smallest absolute Gasteiger partial charge is 0.274 e. The predicted octanol–water partition coefficient (Wildman–Crippen LogP) is 4.05. The van der Waals surface area contributed by atoms with Crippen molar-refractivity contribution in [2.45, 2.75) is 26.8 Å². The number of hydrogen-bond donors (Lipinski definition) is 1. The summed E-state index contributed by atoms with van der Waals surface area (Å²) >= 11 is 6.21. The van der Waals surface area contributed by atoms with Gasteiger partial charge >= 0.3 is 0 Å². The number of methoxy groups -OCH3 is 2. The average molecular weight is 415 g/mol. The second-order valence-electron chi connectivity index (χ2n) is 6.68. The van der Waals surface area contributed by atoms with Gasteiger partial charge in [0, 0.05) is 5.02 Å². The molecule has 29 heavy (non-hydrogen) atoms. The molecule has 3 rings (SSSR count). The van der Waals surface area contributed by atoms with Gasteiger partial charge in [-0.25, -0.2) is 4.68 Å². The molecule has 0 spiro atoms. The molecule has 1 N–H and O–H groups in total. The van der Waals surface area contributed by atoms with Crippen LogP contribution in [0.25, 0.3) is 5.69 Å². The fourth-order valence-corrected chi connectivity index (χ4v) is 3.14. The molecule has 8 heteroatoms. The lowest BCUT2D eigenvalue weighted by Crippen LogP contribution is -2.27. The Morgan fingerprint density at radius 1 is 1.10 bits per heavy atom. The largest absolute Gasteiger partial charge is 0.493 e. The molecule has 152 valence electrons. The summed E-state index contributed by atoms with van der Waals surface area (Å²) in [5.74, 6) is 0.920. The second kappa shape index (κ2) is 8.53. The maximum atomic E-state index is 12.8. The number of aryl methyl sites for hydroxylation is 1. The molecule has 0 saturated heterocycles. The van der Waals surface area contributed by atoms with Gasteiger partial charge in [0.25, 0.3) is 5.91 Å². The van der Waals surface area contributed by atoms with Gasteiger partial charge in [0.2, 0.25) is 0 Å². The molecule has 1 amide bonds. The molecule has 0 aliphatic heterocycles. The number of ether oxygens (including phenoxy) is 2. The molecule has 3 aromatic rings. The second-order valence-corrected chi connectivity index (χ2v) is 7.09. The van der Waals surface area contributed by atoms with Crippen LogP contribution >= 0.6 is 11.6 Å². The zero-order chi connectivity index (χ0) is 21.1. The third-order valence-corrected chi connectivity index (χ3v) is 5.17. The predicted molar refractivity (Wildman–Crippen MR) is 111 cm³/mol. The Labute approximate surface area is 174 Å². The van der Waals surface area contributed by atoms with Crippen molar-refractivity contribution in [1.29, 1.82) is 0 Å². The molecule has 1 aromatic heterocycles. The maximum absolute atomic E-state index is 12.8. The van der Waals surface area contributed by atoms with E-state index in [0.717, 1.165) is 16.8 Å². The van der Waals surface area contributed by atoms with Crippen molar-refractivity contribution in [2.75, 3.05) is 14.2 Å². The topological polar surface area (TPSA) is 78.3 Å². The normalized spacial score (nSPS) is 11.8.